The van der Waals surface area contributed by atoms with E-state index in [-0.39, 0.29) is 11.3 Å². The standard InChI is InChI=1S/C16H22N2O3/c1-4-16(7-8-17-10-16)14(19)18-11-5-6-12-13(9-11)21-15(2,3)20-12/h5-6,9,17H,4,7-8,10H2,1-3H3,(H,18,19). The molecule has 1 fully saturated rings. The number of carbonyl (C=O) groups is 1. The summed E-state index contributed by atoms with van der Waals surface area (Å²) in [4.78, 5) is 12.6. The van der Waals surface area contributed by atoms with Gasteiger partial charge in [-0.1, -0.05) is 6.92 Å². The van der Waals surface area contributed by atoms with Crippen molar-refractivity contribution in [2.75, 3.05) is 18.4 Å². The lowest BCUT2D eigenvalue weighted by Gasteiger charge is -2.25. The Kier molecular flexibility index (Phi) is 3.32. The maximum Gasteiger partial charge on any atom is 0.246 e. The molecule has 0 aliphatic carbocycles. The van der Waals surface area contributed by atoms with Gasteiger partial charge in [-0.25, -0.2) is 0 Å². The molecule has 5 nitrogen and oxygen atoms in total. The zero-order valence-corrected chi connectivity index (χ0v) is 12.8. The Morgan fingerprint density at radius 3 is 2.76 bits per heavy atom. The number of amides is 1. The Hall–Kier alpha value is -1.75. The van der Waals surface area contributed by atoms with Gasteiger partial charge < -0.3 is 20.1 Å². The van der Waals surface area contributed by atoms with Crippen LogP contribution in [0.15, 0.2) is 18.2 Å². The third-order valence-corrected chi connectivity index (χ3v) is 4.32. The van der Waals surface area contributed by atoms with Gasteiger partial charge in [-0.05, 0) is 31.5 Å². The van der Waals surface area contributed by atoms with Crippen LogP contribution in [0, 0.1) is 5.41 Å². The summed E-state index contributed by atoms with van der Waals surface area (Å²) < 4.78 is 11.4. The number of hydrogen-bond acceptors (Lipinski definition) is 4. The smallest absolute Gasteiger partial charge is 0.246 e. The first-order chi connectivity index (χ1) is 9.94. The molecule has 0 saturated carbocycles. The summed E-state index contributed by atoms with van der Waals surface area (Å²) in [6.07, 6.45) is 1.72. The summed E-state index contributed by atoms with van der Waals surface area (Å²) >= 11 is 0. The molecule has 114 valence electrons. The van der Waals surface area contributed by atoms with Crippen LogP contribution in [0.3, 0.4) is 0 Å². The first kappa shape index (κ1) is 14.2. The fourth-order valence-electron chi connectivity index (χ4n) is 2.96. The van der Waals surface area contributed by atoms with Crippen molar-refractivity contribution in [1.29, 1.82) is 0 Å². The Morgan fingerprint density at radius 2 is 2.10 bits per heavy atom. The molecule has 0 aromatic heterocycles. The summed E-state index contributed by atoms with van der Waals surface area (Å²) in [5.41, 5.74) is 0.454. The van der Waals surface area contributed by atoms with Crippen molar-refractivity contribution in [1.82, 2.24) is 5.32 Å². The molecule has 2 aliphatic heterocycles. The first-order valence-corrected chi connectivity index (χ1v) is 7.48. The van der Waals surface area contributed by atoms with Crippen LogP contribution >= 0.6 is 0 Å². The minimum Gasteiger partial charge on any atom is -0.449 e. The van der Waals surface area contributed by atoms with Crippen molar-refractivity contribution >= 4 is 11.6 Å². The third kappa shape index (κ3) is 2.58. The molecule has 0 spiro atoms. The number of benzene rings is 1. The normalized spacial score (nSPS) is 25.9. The SMILES string of the molecule is CCC1(C(=O)Nc2ccc3c(c2)OC(C)(C)O3)CCNC1. The number of nitrogens with one attached hydrogen (secondary N) is 2. The Balaban J connectivity index is 1.76. The molecular formula is C16H22N2O3. The minimum absolute atomic E-state index is 0.0770. The molecule has 0 bridgehead atoms. The van der Waals surface area contributed by atoms with Crippen molar-refractivity contribution in [2.45, 2.75) is 39.4 Å². The van der Waals surface area contributed by atoms with Crippen LogP contribution in [0.25, 0.3) is 0 Å². The number of rotatable bonds is 3. The molecule has 2 heterocycles. The van der Waals surface area contributed by atoms with E-state index in [0.717, 1.165) is 31.6 Å². The van der Waals surface area contributed by atoms with Crippen LogP contribution in [0.5, 0.6) is 11.5 Å². The Labute approximate surface area is 125 Å². The summed E-state index contributed by atoms with van der Waals surface area (Å²) in [5, 5.41) is 6.30. The van der Waals surface area contributed by atoms with Gasteiger partial charge >= 0.3 is 0 Å². The monoisotopic (exact) mass is 290 g/mol. The number of anilines is 1. The molecule has 1 aromatic rings. The van der Waals surface area contributed by atoms with Crippen LogP contribution in [-0.2, 0) is 4.79 Å². The van der Waals surface area contributed by atoms with Crippen molar-refractivity contribution in [3.05, 3.63) is 18.2 Å². The van der Waals surface area contributed by atoms with E-state index in [0.29, 0.717) is 11.5 Å². The molecule has 1 saturated heterocycles. The second-order valence-corrected chi connectivity index (χ2v) is 6.28. The van der Waals surface area contributed by atoms with Crippen molar-refractivity contribution < 1.29 is 14.3 Å². The molecule has 21 heavy (non-hydrogen) atoms. The summed E-state index contributed by atoms with van der Waals surface area (Å²) in [6, 6.07) is 5.52. The maximum atomic E-state index is 12.6. The molecule has 5 heteroatoms. The third-order valence-electron chi connectivity index (χ3n) is 4.32. The van der Waals surface area contributed by atoms with E-state index in [4.69, 9.17) is 9.47 Å². The van der Waals surface area contributed by atoms with Crippen molar-refractivity contribution in [2.24, 2.45) is 5.41 Å². The predicted molar refractivity (Wildman–Crippen MR) is 80.6 cm³/mol. The van der Waals surface area contributed by atoms with Crippen molar-refractivity contribution in [3.8, 4) is 11.5 Å². The highest BCUT2D eigenvalue weighted by Gasteiger charge is 2.39. The second-order valence-electron chi connectivity index (χ2n) is 6.28. The molecule has 2 aliphatic rings. The van der Waals surface area contributed by atoms with Crippen LogP contribution in [0.4, 0.5) is 5.69 Å². The van der Waals surface area contributed by atoms with E-state index in [1.807, 2.05) is 32.0 Å². The number of carbonyl (C=O) groups excluding carboxylic acids is 1. The largest absolute Gasteiger partial charge is 0.449 e. The lowest BCUT2D eigenvalue weighted by molar-refractivity contribution is -0.124. The van der Waals surface area contributed by atoms with E-state index >= 15 is 0 Å². The fourth-order valence-corrected chi connectivity index (χ4v) is 2.96. The van der Waals surface area contributed by atoms with Crippen LogP contribution in [-0.4, -0.2) is 24.8 Å². The van der Waals surface area contributed by atoms with Gasteiger partial charge in [0.15, 0.2) is 11.5 Å². The molecule has 1 aromatic carbocycles. The second kappa shape index (κ2) is 4.91. The molecule has 0 radical (unpaired) electrons. The van der Waals surface area contributed by atoms with Gasteiger partial charge in [0.25, 0.3) is 0 Å². The van der Waals surface area contributed by atoms with Gasteiger partial charge in [0.05, 0.1) is 5.41 Å². The highest BCUT2D eigenvalue weighted by Crippen LogP contribution is 2.41. The van der Waals surface area contributed by atoms with Gasteiger partial charge in [0, 0.05) is 32.1 Å². The molecule has 1 atom stereocenters. The minimum atomic E-state index is -0.648. The summed E-state index contributed by atoms with van der Waals surface area (Å²) in [6.45, 7) is 7.43. The average molecular weight is 290 g/mol. The van der Waals surface area contributed by atoms with E-state index < -0.39 is 5.79 Å². The lowest BCUT2D eigenvalue weighted by Crippen LogP contribution is -2.37. The van der Waals surface area contributed by atoms with Gasteiger partial charge in [-0.15, -0.1) is 0 Å². The zero-order chi connectivity index (χ0) is 15.1. The Bertz CT molecular complexity index is 563. The molecule has 1 amide bonds. The zero-order valence-electron chi connectivity index (χ0n) is 12.8. The summed E-state index contributed by atoms with van der Waals surface area (Å²) in [7, 11) is 0. The van der Waals surface area contributed by atoms with Crippen LogP contribution in [0.2, 0.25) is 0 Å². The molecular weight excluding hydrogens is 268 g/mol. The quantitative estimate of drug-likeness (QED) is 0.898. The summed E-state index contributed by atoms with van der Waals surface area (Å²) in [5.74, 6) is 0.817. The van der Waals surface area contributed by atoms with E-state index in [9.17, 15) is 4.79 Å². The van der Waals surface area contributed by atoms with Crippen LogP contribution < -0.4 is 20.1 Å². The van der Waals surface area contributed by atoms with Gasteiger partial charge in [-0.3, -0.25) is 4.79 Å². The van der Waals surface area contributed by atoms with Crippen LogP contribution in [0.1, 0.15) is 33.6 Å². The average Bonchev–Trinajstić information content (AvgIpc) is 3.01. The number of fused-ring (bicyclic) bond motifs is 1. The van der Waals surface area contributed by atoms with E-state index in [2.05, 4.69) is 17.6 Å². The van der Waals surface area contributed by atoms with Gasteiger partial charge in [0.1, 0.15) is 0 Å². The maximum absolute atomic E-state index is 12.6. The lowest BCUT2D eigenvalue weighted by atomic mass is 9.83. The van der Waals surface area contributed by atoms with Gasteiger partial charge in [0.2, 0.25) is 11.7 Å². The Morgan fingerprint density at radius 1 is 1.33 bits per heavy atom. The van der Waals surface area contributed by atoms with Gasteiger partial charge in [-0.2, -0.15) is 0 Å². The van der Waals surface area contributed by atoms with E-state index in [1.54, 1.807) is 0 Å². The first-order valence-electron chi connectivity index (χ1n) is 7.48. The molecule has 2 N–H and O–H groups in total. The van der Waals surface area contributed by atoms with E-state index in [1.165, 1.54) is 0 Å². The molecule has 1 unspecified atom stereocenters. The number of ether oxygens (including phenoxy) is 2. The van der Waals surface area contributed by atoms with Crippen molar-refractivity contribution in [3.63, 3.8) is 0 Å². The predicted octanol–water partition coefficient (Wildman–Crippen LogP) is 2.52. The highest BCUT2D eigenvalue weighted by atomic mass is 16.7. The molecule has 3 rings (SSSR count). The topological polar surface area (TPSA) is 59.6 Å². The number of hydrogen-bond donors (Lipinski definition) is 2. The fraction of sp³-hybridized carbons (Fsp3) is 0.562. The highest BCUT2D eigenvalue weighted by molar-refractivity contribution is 5.96.